The Morgan fingerprint density at radius 3 is 2.68 bits per heavy atom. The zero-order valence-electron chi connectivity index (χ0n) is 16.2. The lowest BCUT2D eigenvalue weighted by Crippen LogP contribution is -2.17. The molecule has 0 aliphatic rings. The van der Waals surface area contributed by atoms with Crippen LogP contribution in [0.3, 0.4) is 0 Å². The summed E-state index contributed by atoms with van der Waals surface area (Å²) < 4.78 is 7.74. The van der Waals surface area contributed by atoms with Crippen molar-refractivity contribution in [1.82, 2.24) is 29.9 Å². The van der Waals surface area contributed by atoms with Crippen LogP contribution in [-0.4, -0.2) is 36.9 Å². The van der Waals surface area contributed by atoms with E-state index in [0.717, 1.165) is 29.2 Å². The third kappa shape index (κ3) is 3.99. The first-order valence-corrected chi connectivity index (χ1v) is 9.12. The summed E-state index contributed by atoms with van der Waals surface area (Å²) in [5, 5.41) is 12.8. The summed E-state index contributed by atoms with van der Waals surface area (Å²) in [6, 6.07) is 14.2. The first-order chi connectivity index (χ1) is 13.6. The lowest BCUT2D eigenvalue weighted by molar-refractivity contribution is 0.283. The molecule has 0 atom stereocenters. The fourth-order valence-electron chi connectivity index (χ4n) is 3.20. The number of pyridine rings is 1. The van der Waals surface area contributed by atoms with Gasteiger partial charge >= 0.3 is 0 Å². The van der Waals surface area contributed by atoms with Gasteiger partial charge in [0.15, 0.2) is 0 Å². The molecule has 3 aromatic heterocycles. The predicted molar refractivity (Wildman–Crippen MR) is 106 cm³/mol. The first-order valence-electron chi connectivity index (χ1n) is 9.12. The molecule has 0 unspecified atom stereocenters. The highest BCUT2D eigenvalue weighted by Crippen LogP contribution is 2.18. The van der Waals surface area contributed by atoms with Crippen LogP contribution in [0, 0.1) is 13.8 Å². The summed E-state index contributed by atoms with van der Waals surface area (Å²) in [5.74, 6) is 1.07. The molecule has 1 aromatic carbocycles. The van der Waals surface area contributed by atoms with Gasteiger partial charge in [0.2, 0.25) is 11.8 Å². The number of rotatable bonds is 6. The Morgan fingerprint density at radius 2 is 1.93 bits per heavy atom. The number of hydrogen-bond donors (Lipinski definition) is 0. The molecule has 3 heterocycles. The molecule has 0 saturated heterocycles. The van der Waals surface area contributed by atoms with Gasteiger partial charge in [0.1, 0.15) is 0 Å². The Balaban J connectivity index is 1.44. The molecular formula is C21H22N6O. The van der Waals surface area contributed by atoms with E-state index in [-0.39, 0.29) is 0 Å². The van der Waals surface area contributed by atoms with Crippen molar-refractivity contribution in [2.75, 3.05) is 7.05 Å². The van der Waals surface area contributed by atoms with Crippen LogP contribution in [0.15, 0.2) is 59.3 Å². The van der Waals surface area contributed by atoms with E-state index >= 15 is 0 Å². The quantitative estimate of drug-likeness (QED) is 0.514. The molecule has 0 aliphatic heterocycles. The standard InChI is InChI=1S/C21H22N6O/c1-15-10-16(2)27(25-15)19-8-4-6-17(11-19)13-26(3)14-20-23-24-21(28-20)18-7-5-9-22-12-18/h4-12H,13-14H2,1-3H3. The second-order valence-electron chi connectivity index (χ2n) is 6.92. The molecule has 0 amide bonds. The smallest absolute Gasteiger partial charge is 0.249 e. The van der Waals surface area contributed by atoms with Gasteiger partial charge in [0.25, 0.3) is 0 Å². The minimum Gasteiger partial charge on any atom is -0.419 e. The van der Waals surface area contributed by atoms with E-state index in [1.807, 2.05) is 30.8 Å². The Labute approximate surface area is 163 Å². The van der Waals surface area contributed by atoms with E-state index < -0.39 is 0 Å². The van der Waals surface area contributed by atoms with Crippen LogP contribution in [0.4, 0.5) is 0 Å². The summed E-state index contributed by atoms with van der Waals surface area (Å²) in [6.45, 7) is 5.40. The van der Waals surface area contributed by atoms with Gasteiger partial charge in [0, 0.05) is 24.6 Å². The second kappa shape index (κ2) is 7.74. The number of benzene rings is 1. The van der Waals surface area contributed by atoms with Gasteiger partial charge in [-0.1, -0.05) is 12.1 Å². The van der Waals surface area contributed by atoms with Crippen molar-refractivity contribution in [3.8, 4) is 17.1 Å². The zero-order chi connectivity index (χ0) is 19.5. The topological polar surface area (TPSA) is 72.9 Å². The highest BCUT2D eigenvalue weighted by atomic mass is 16.4. The zero-order valence-corrected chi connectivity index (χ0v) is 16.2. The van der Waals surface area contributed by atoms with Crippen molar-refractivity contribution < 1.29 is 4.42 Å². The molecule has 0 bridgehead atoms. The number of aryl methyl sites for hydroxylation is 2. The highest BCUT2D eigenvalue weighted by molar-refractivity contribution is 5.49. The molecule has 0 fully saturated rings. The summed E-state index contributed by atoms with van der Waals surface area (Å²) in [7, 11) is 2.03. The third-order valence-corrected chi connectivity index (χ3v) is 4.40. The van der Waals surface area contributed by atoms with Crippen LogP contribution in [0.2, 0.25) is 0 Å². The molecule has 0 N–H and O–H groups in total. The van der Waals surface area contributed by atoms with Crippen LogP contribution in [0.5, 0.6) is 0 Å². The van der Waals surface area contributed by atoms with E-state index in [1.54, 1.807) is 12.4 Å². The van der Waals surface area contributed by atoms with Gasteiger partial charge in [-0.3, -0.25) is 9.88 Å². The van der Waals surface area contributed by atoms with Gasteiger partial charge in [0.05, 0.1) is 23.5 Å². The molecule has 7 nitrogen and oxygen atoms in total. The molecule has 4 aromatic rings. The number of aromatic nitrogens is 5. The van der Waals surface area contributed by atoms with Crippen molar-refractivity contribution in [3.63, 3.8) is 0 Å². The molecule has 142 valence electrons. The Morgan fingerprint density at radius 1 is 1.04 bits per heavy atom. The van der Waals surface area contributed by atoms with E-state index in [2.05, 4.69) is 62.4 Å². The maximum atomic E-state index is 5.77. The van der Waals surface area contributed by atoms with E-state index in [1.165, 1.54) is 5.56 Å². The minimum atomic E-state index is 0.489. The van der Waals surface area contributed by atoms with E-state index in [9.17, 15) is 0 Å². The molecule has 0 spiro atoms. The molecule has 0 saturated carbocycles. The van der Waals surface area contributed by atoms with Crippen LogP contribution in [0.1, 0.15) is 22.8 Å². The third-order valence-electron chi connectivity index (χ3n) is 4.40. The molecule has 0 aliphatic carbocycles. The largest absolute Gasteiger partial charge is 0.419 e. The van der Waals surface area contributed by atoms with Gasteiger partial charge in [-0.05, 0) is 56.8 Å². The lowest BCUT2D eigenvalue weighted by Gasteiger charge is -2.15. The minimum absolute atomic E-state index is 0.489. The Kier molecular flexibility index (Phi) is 4.99. The van der Waals surface area contributed by atoms with Crippen molar-refractivity contribution in [1.29, 1.82) is 0 Å². The van der Waals surface area contributed by atoms with Crippen LogP contribution >= 0.6 is 0 Å². The van der Waals surface area contributed by atoms with Crippen LogP contribution < -0.4 is 0 Å². The summed E-state index contributed by atoms with van der Waals surface area (Å²) >= 11 is 0. The lowest BCUT2D eigenvalue weighted by atomic mass is 10.2. The average molecular weight is 374 g/mol. The monoisotopic (exact) mass is 374 g/mol. The Bertz CT molecular complexity index is 1070. The van der Waals surface area contributed by atoms with Crippen molar-refractivity contribution in [2.45, 2.75) is 26.9 Å². The maximum Gasteiger partial charge on any atom is 0.249 e. The molecular weight excluding hydrogens is 352 g/mol. The predicted octanol–water partition coefficient (Wildman–Crippen LogP) is 3.57. The molecule has 28 heavy (non-hydrogen) atoms. The maximum absolute atomic E-state index is 5.77. The van der Waals surface area contributed by atoms with Gasteiger partial charge in [-0.15, -0.1) is 10.2 Å². The Hall–Kier alpha value is -3.32. The SMILES string of the molecule is Cc1cc(C)n(-c2cccc(CN(C)Cc3nnc(-c4cccnc4)o3)c2)n1. The number of hydrogen-bond acceptors (Lipinski definition) is 6. The van der Waals surface area contributed by atoms with Crippen LogP contribution in [0.25, 0.3) is 17.1 Å². The van der Waals surface area contributed by atoms with E-state index in [4.69, 9.17) is 4.42 Å². The van der Waals surface area contributed by atoms with Gasteiger partial charge in [-0.2, -0.15) is 5.10 Å². The summed E-state index contributed by atoms with van der Waals surface area (Å²) in [4.78, 5) is 6.22. The van der Waals surface area contributed by atoms with Crippen molar-refractivity contribution in [3.05, 3.63) is 77.7 Å². The van der Waals surface area contributed by atoms with E-state index in [0.29, 0.717) is 18.3 Å². The normalized spacial score (nSPS) is 11.3. The first kappa shape index (κ1) is 18.1. The fraction of sp³-hybridized carbons (Fsp3) is 0.238. The van der Waals surface area contributed by atoms with Gasteiger partial charge < -0.3 is 4.42 Å². The second-order valence-corrected chi connectivity index (χ2v) is 6.92. The highest BCUT2D eigenvalue weighted by Gasteiger charge is 2.12. The summed E-state index contributed by atoms with van der Waals surface area (Å²) in [5.41, 5.74) is 5.21. The summed E-state index contributed by atoms with van der Waals surface area (Å²) in [6.07, 6.45) is 3.43. The molecule has 4 rings (SSSR count). The molecule has 0 radical (unpaired) electrons. The molecule has 7 heteroatoms. The van der Waals surface area contributed by atoms with Gasteiger partial charge in [-0.25, -0.2) is 4.68 Å². The average Bonchev–Trinajstić information content (AvgIpc) is 3.28. The van der Waals surface area contributed by atoms with Crippen molar-refractivity contribution >= 4 is 0 Å². The van der Waals surface area contributed by atoms with Crippen LogP contribution in [-0.2, 0) is 13.1 Å². The fourth-order valence-corrected chi connectivity index (χ4v) is 3.20. The van der Waals surface area contributed by atoms with Crippen molar-refractivity contribution in [2.24, 2.45) is 0 Å². The number of nitrogens with zero attached hydrogens (tertiary/aromatic N) is 6.